The molecule has 0 bridgehead atoms. The van der Waals surface area contributed by atoms with Gasteiger partial charge in [0, 0.05) is 37.8 Å². The second-order valence-electron chi connectivity index (χ2n) is 7.31. The first-order valence-electron chi connectivity index (χ1n) is 9.95. The first-order chi connectivity index (χ1) is 15.1. The lowest BCUT2D eigenvalue weighted by Gasteiger charge is -2.21. The molecule has 0 unspecified atom stereocenters. The number of alkyl halides is 3. The van der Waals surface area contributed by atoms with Gasteiger partial charge in [-0.2, -0.15) is 4.31 Å². The molecule has 0 aromatic heterocycles. The van der Waals surface area contributed by atoms with Crippen molar-refractivity contribution in [1.29, 1.82) is 0 Å². The lowest BCUT2D eigenvalue weighted by atomic mass is 10.2. The maximum Gasteiger partial charge on any atom is 0.573 e. The number of ether oxygens (including phenoxy) is 1. The minimum atomic E-state index is -4.84. The Bertz CT molecular complexity index is 1080. The lowest BCUT2D eigenvalue weighted by molar-refractivity contribution is -0.274. The van der Waals surface area contributed by atoms with Crippen LogP contribution in [0.15, 0.2) is 59.5 Å². The fraction of sp³-hybridized carbons (Fsp3) is 0.318. The molecule has 3 rings (SSSR count). The van der Waals surface area contributed by atoms with E-state index in [4.69, 9.17) is 0 Å². The van der Waals surface area contributed by atoms with Crippen LogP contribution in [-0.2, 0) is 14.8 Å². The smallest absolute Gasteiger partial charge is 0.405 e. The Balaban J connectivity index is 1.67. The Hall–Kier alpha value is -2.85. The summed E-state index contributed by atoms with van der Waals surface area (Å²) >= 11 is 0. The normalized spacial score (nSPS) is 16.2. The highest BCUT2D eigenvalue weighted by Gasteiger charge is 2.32. The average molecular weight is 468 g/mol. The molecule has 32 heavy (non-hydrogen) atoms. The molecule has 1 amide bonds. The van der Waals surface area contributed by atoms with E-state index in [0.717, 1.165) is 11.6 Å². The number of sulfonamides is 1. The summed E-state index contributed by atoms with van der Waals surface area (Å²) in [4.78, 5) is 14.3. The highest BCUT2D eigenvalue weighted by molar-refractivity contribution is 7.89. The highest BCUT2D eigenvalue weighted by Crippen LogP contribution is 2.27. The van der Waals surface area contributed by atoms with Gasteiger partial charge in [0.25, 0.3) is 0 Å². The van der Waals surface area contributed by atoms with Gasteiger partial charge in [-0.25, -0.2) is 8.42 Å². The largest absolute Gasteiger partial charge is 0.573 e. The standard InChI is InChI=1S/C22H23F3N2O4S/c1-17-7-10-19(11-8-17)32(29,30)27-14-4-13-26(15-16-27)21(28)12-9-18-5-2-3-6-20(18)31-22(23,24)25/h2-3,5-12H,4,13-16H2,1H3/b12-9+. The summed E-state index contributed by atoms with van der Waals surface area (Å²) in [5.41, 5.74) is 1.06. The number of amides is 1. The quantitative estimate of drug-likeness (QED) is 0.626. The predicted octanol–water partition coefficient (Wildman–Crippen LogP) is 3.83. The van der Waals surface area contributed by atoms with Gasteiger partial charge < -0.3 is 9.64 Å². The van der Waals surface area contributed by atoms with Gasteiger partial charge in [-0.15, -0.1) is 13.2 Å². The van der Waals surface area contributed by atoms with E-state index in [2.05, 4.69) is 4.74 Å². The van der Waals surface area contributed by atoms with Gasteiger partial charge in [0.15, 0.2) is 0 Å². The Morgan fingerprint density at radius 1 is 1.00 bits per heavy atom. The number of carbonyl (C=O) groups is 1. The number of nitrogens with zero attached hydrogens (tertiary/aromatic N) is 2. The van der Waals surface area contributed by atoms with Crippen LogP contribution in [0.2, 0.25) is 0 Å². The lowest BCUT2D eigenvalue weighted by Crippen LogP contribution is -2.36. The summed E-state index contributed by atoms with van der Waals surface area (Å²) in [5, 5.41) is 0. The van der Waals surface area contributed by atoms with Gasteiger partial charge in [-0.3, -0.25) is 4.79 Å². The molecule has 0 aliphatic carbocycles. The Morgan fingerprint density at radius 3 is 2.38 bits per heavy atom. The first kappa shape index (κ1) is 23.8. The number of hydrogen-bond acceptors (Lipinski definition) is 4. The van der Waals surface area contributed by atoms with Crippen LogP contribution in [-0.4, -0.2) is 56.1 Å². The molecule has 6 nitrogen and oxygen atoms in total. The molecule has 0 saturated carbocycles. The highest BCUT2D eigenvalue weighted by atomic mass is 32.2. The minimum Gasteiger partial charge on any atom is -0.405 e. The molecule has 2 aromatic rings. The van der Waals surface area contributed by atoms with Gasteiger partial charge in [0.05, 0.1) is 4.90 Å². The van der Waals surface area contributed by atoms with Crippen molar-refractivity contribution in [3.8, 4) is 5.75 Å². The molecule has 0 spiro atoms. The van der Waals surface area contributed by atoms with Crippen LogP contribution in [0.25, 0.3) is 6.08 Å². The van der Waals surface area contributed by atoms with Crippen molar-refractivity contribution >= 4 is 22.0 Å². The molecule has 0 radical (unpaired) electrons. The van der Waals surface area contributed by atoms with Crippen LogP contribution >= 0.6 is 0 Å². The molecule has 0 N–H and O–H groups in total. The van der Waals surface area contributed by atoms with Crippen LogP contribution in [0.5, 0.6) is 5.75 Å². The first-order valence-corrected chi connectivity index (χ1v) is 11.4. The second kappa shape index (κ2) is 9.74. The van der Waals surface area contributed by atoms with Gasteiger partial charge in [-0.1, -0.05) is 35.9 Å². The second-order valence-corrected chi connectivity index (χ2v) is 9.25. The third-order valence-corrected chi connectivity index (χ3v) is 6.89. The Labute approximate surface area is 184 Å². The van der Waals surface area contributed by atoms with Gasteiger partial charge >= 0.3 is 6.36 Å². The molecule has 0 atom stereocenters. The number of carbonyl (C=O) groups excluding carboxylic acids is 1. The number of halogens is 3. The molecular weight excluding hydrogens is 445 g/mol. The number of aryl methyl sites for hydroxylation is 1. The minimum absolute atomic E-state index is 0.108. The number of hydrogen-bond donors (Lipinski definition) is 0. The van der Waals surface area contributed by atoms with Crippen molar-refractivity contribution in [2.45, 2.75) is 24.6 Å². The zero-order valence-electron chi connectivity index (χ0n) is 17.4. The zero-order chi connectivity index (χ0) is 23.4. The summed E-state index contributed by atoms with van der Waals surface area (Å²) in [5.74, 6) is -0.823. The van der Waals surface area contributed by atoms with Crippen LogP contribution in [0.4, 0.5) is 13.2 Å². The summed E-state index contributed by atoms with van der Waals surface area (Å²) in [6.07, 6.45) is -1.97. The molecule has 1 fully saturated rings. The summed E-state index contributed by atoms with van der Waals surface area (Å²) in [7, 11) is -3.68. The van der Waals surface area contributed by atoms with E-state index in [1.165, 1.54) is 39.6 Å². The van der Waals surface area contributed by atoms with Crippen molar-refractivity contribution < 1.29 is 31.1 Å². The Kier molecular flexibility index (Phi) is 7.25. The summed E-state index contributed by atoms with van der Waals surface area (Å²) < 4.78 is 68.8. The van der Waals surface area contributed by atoms with E-state index in [9.17, 15) is 26.4 Å². The maximum absolute atomic E-state index is 12.9. The fourth-order valence-corrected chi connectivity index (χ4v) is 4.79. The SMILES string of the molecule is Cc1ccc(S(=O)(=O)N2CCCN(C(=O)/C=C/c3ccccc3OC(F)(F)F)CC2)cc1. The fourth-order valence-electron chi connectivity index (χ4n) is 3.32. The molecule has 1 heterocycles. The van der Waals surface area contributed by atoms with E-state index < -0.39 is 28.0 Å². The van der Waals surface area contributed by atoms with Crippen LogP contribution in [0, 0.1) is 6.92 Å². The van der Waals surface area contributed by atoms with Crippen molar-refractivity contribution in [3.05, 3.63) is 65.7 Å². The van der Waals surface area contributed by atoms with Gasteiger partial charge in [0.1, 0.15) is 5.75 Å². The number of benzene rings is 2. The molecule has 172 valence electrons. The van der Waals surface area contributed by atoms with E-state index in [0.29, 0.717) is 13.0 Å². The third kappa shape index (κ3) is 6.10. The molecule has 2 aromatic carbocycles. The average Bonchev–Trinajstić information content (AvgIpc) is 2.99. The van der Waals surface area contributed by atoms with E-state index in [-0.39, 0.29) is 30.1 Å². The summed E-state index contributed by atoms with van der Waals surface area (Å²) in [6.45, 7) is 2.78. The predicted molar refractivity (Wildman–Crippen MR) is 113 cm³/mol. The molecule has 1 saturated heterocycles. The number of rotatable bonds is 5. The van der Waals surface area contributed by atoms with Gasteiger partial charge in [-0.05, 0) is 37.6 Å². The van der Waals surface area contributed by atoms with Crippen molar-refractivity contribution in [3.63, 3.8) is 0 Å². The number of para-hydroxylation sites is 1. The molecule has 1 aliphatic heterocycles. The Morgan fingerprint density at radius 2 is 1.69 bits per heavy atom. The van der Waals surface area contributed by atoms with Crippen LogP contribution < -0.4 is 4.74 Å². The van der Waals surface area contributed by atoms with E-state index in [1.54, 1.807) is 24.3 Å². The third-order valence-electron chi connectivity index (χ3n) is 4.98. The van der Waals surface area contributed by atoms with Crippen LogP contribution in [0.1, 0.15) is 17.5 Å². The van der Waals surface area contributed by atoms with E-state index >= 15 is 0 Å². The molecular formula is C22H23F3N2O4S. The summed E-state index contributed by atoms with van der Waals surface area (Å²) in [6, 6.07) is 12.1. The monoisotopic (exact) mass is 468 g/mol. The van der Waals surface area contributed by atoms with E-state index in [1.807, 2.05) is 6.92 Å². The van der Waals surface area contributed by atoms with Crippen LogP contribution in [0.3, 0.4) is 0 Å². The zero-order valence-corrected chi connectivity index (χ0v) is 18.2. The van der Waals surface area contributed by atoms with Crippen molar-refractivity contribution in [2.75, 3.05) is 26.2 Å². The topological polar surface area (TPSA) is 66.9 Å². The molecule has 10 heteroatoms. The van der Waals surface area contributed by atoms with Gasteiger partial charge in [0.2, 0.25) is 15.9 Å². The molecule has 1 aliphatic rings. The maximum atomic E-state index is 12.9. The van der Waals surface area contributed by atoms with Crippen molar-refractivity contribution in [1.82, 2.24) is 9.21 Å². The van der Waals surface area contributed by atoms with Crippen molar-refractivity contribution in [2.24, 2.45) is 0 Å².